The summed E-state index contributed by atoms with van der Waals surface area (Å²) < 4.78 is 13.3. The molecule has 2 N–H and O–H groups in total. The summed E-state index contributed by atoms with van der Waals surface area (Å²) in [7, 11) is 0. The van der Waals surface area contributed by atoms with Crippen LogP contribution in [-0.2, 0) is 4.79 Å². The molecule has 1 aromatic carbocycles. The van der Waals surface area contributed by atoms with E-state index in [-0.39, 0.29) is 17.6 Å². The Balaban J connectivity index is 1.77. The average molecular weight is 315 g/mol. The Kier molecular flexibility index (Phi) is 4.14. The Morgan fingerprint density at radius 3 is 2.91 bits per heavy atom. The van der Waals surface area contributed by atoms with E-state index >= 15 is 0 Å². The third kappa shape index (κ3) is 3.11. The van der Waals surface area contributed by atoms with E-state index < -0.39 is 6.04 Å². The number of hydrogen-bond acceptors (Lipinski definition) is 2. The first kappa shape index (κ1) is 15.3. The van der Waals surface area contributed by atoms with Crippen molar-refractivity contribution in [2.75, 3.05) is 11.4 Å². The number of aromatic nitrogens is 1. The number of hydrogen-bond donors (Lipinski definition) is 2. The van der Waals surface area contributed by atoms with Crippen LogP contribution in [0.4, 0.5) is 10.1 Å². The number of nitrogens with one attached hydrogen (secondary N) is 2. The number of aromatic amines is 1. The van der Waals surface area contributed by atoms with Gasteiger partial charge in [-0.05, 0) is 55.7 Å². The zero-order valence-electron chi connectivity index (χ0n) is 12.8. The number of rotatable bonds is 3. The van der Waals surface area contributed by atoms with Crippen LogP contribution in [0.3, 0.4) is 0 Å². The zero-order chi connectivity index (χ0) is 16.4. The van der Waals surface area contributed by atoms with E-state index in [4.69, 9.17) is 0 Å². The molecular formula is C17H18FN3O2. The summed E-state index contributed by atoms with van der Waals surface area (Å²) in [5, 5.41) is 2.77. The Bertz CT molecular complexity index is 727. The second-order valence-corrected chi connectivity index (χ2v) is 5.67. The first-order valence-electron chi connectivity index (χ1n) is 7.58. The van der Waals surface area contributed by atoms with Crippen molar-refractivity contribution >= 4 is 17.5 Å². The largest absolute Gasteiger partial charge is 0.357 e. The van der Waals surface area contributed by atoms with Gasteiger partial charge < -0.3 is 15.2 Å². The normalized spacial score (nSPS) is 18.1. The number of amides is 2. The highest BCUT2D eigenvalue weighted by Crippen LogP contribution is 2.25. The van der Waals surface area contributed by atoms with Crippen molar-refractivity contribution in [1.29, 1.82) is 0 Å². The van der Waals surface area contributed by atoms with Gasteiger partial charge in [0.1, 0.15) is 17.6 Å². The summed E-state index contributed by atoms with van der Waals surface area (Å²) in [6, 6.07) is 7.18. The fourth-order valence-corrected chi connectivity index (χ4v) is 2.88. The predicted molar refractivity (Wildman–Crippen MR) is 84.8 cm³/mol. The number of anilines is 1. The standard InChI is InChI=1S/C17H18FN3O2/c1-11-10-12(18)6-7-15(11)21-9-3-5-14(17(21)23)20-16(22)13-4-2-8-19-13/h2,4,6-8,10,14,19H,3,5,9H2,1H3,(H,20,22)/t14-/m0/s1. The molecule has 0 aliphatic carbocycles. The molecule has 0 spiro atoms. The van der Waals surface area contributed by atoms with Crippen molar-refractivity contribution in [3.05, 3.63) is 53.6 Å². The number of carbonyl (C=O) groups is 2. The maximum Gasteiger partial charge on any atom is 0.268 e. The number of carbonyl (C=O) groups excluding carboxylic acids is 2. The Labute approximate surface area is 133 Å². The summed E-state index contributed by atoms with van der Waals surface area (Å²) >= 11 is 0. The zero-order valence-corrected chi connectivity index (χ0v) is 12.8. The van der Waals surface area contributed by atoms with Gasteiger partial charge in [0.25, 0.3) is 5.91 Å². The molecule has 5 nitrogen and oxygen atoms in total. The van der Waals surface area contributed by atoms with Crippen LogP contribution in [0.25, 0.3) is 0 Å². The van der Waals surface area contributed by atoms with Crippen molar-refractivity contribution in [3.8, 4) is 0 Å². The second-order valence-electron chi connectivity index (χ2n) is 5.67. The molecule has 1 aliphatic heterocycles. The molecule has 1 aliphatic rings. The molecule has 23 heavy (non-hydrogen) atoms. The number of benzene rings is 1. The van der Waals surface area contributed by atoms with Crippen molar-refractivity contribution in [1.82, 2.24) is 10.3 Å². The highest BCUT2D eigenvalue weighted by molar-refractivity contribution is 6.02. The highest BCUT2D eigenvalue weighted by atomic mass is 19.1. The number of halogens is 1. The minimum Gasteiger partial charge on any atom is -0.357 e. The van der Waals surface area contributed by atoms with E-state index in [2.05, 4.69) is 10.3 Å². The molecule has 120 valence electrons. The molecule has 0 bridgehead atoms. The smallest absolute Gasteiger partial charge is 0.268 e. The van der Waals surface area contributed by atoms with Gasteiger partial charge in [0, 0.05) is 18.4 Å². The van der Waals surface area contributed by atoms with Gasteiger partial charge in [0.05, 0.1) is 0 Å². The van der Waals surface area contributed by atoms with Gasteiger partial charge in [-0.3, -0.25) is 9.59 Å². The van der Waals surface area contributed by atoms with Gasteiger partial charge in [0.2, 0.25) is 5.91 Å². The lowest BCUT2D eigenvalue weighted by Crippen LogP contribution is -2.52. The molecule has 0 unspecified atom stereocenters. The van der Waals surface area contributed by atoms with E-state index in [0.29, 0.717) is 29.9 Å². The van der Waals surface area contributed by atoms with Gasteiger partial charge in [0.15, 0.2) is 0 Å². The second kappa shape index (κ2) is 6.24. The molecule has 0 radical (unpaired) electrons. The summed E-state index contributed by atoms with van der Waals surface area (Å²) in [4.78, 5) is 29.2. The number of H-pyrrole nitrogens is 1. The molecule has 1 fully saturated rings. The summed E-state index contributed by atoms with van der Waals surface area (Å²) in [6.07, 6.45) is 3.03. The minimum absolute atomic E-state index is 0.161. The SMILES string of the molecule is Cc1cc(F)ccc1N1CCC[C@H](NC(=O)c2ccc[nH]2)C1=O. The van der Waals surface area contributed by atoms with Crippen LogP contribution in [0, 0.1) is 12.7 Å². The maximum atomic E-state index is 13.3. The van der Waals surface area contributed by atoms with E-state index in [1.165, 1.54) is 12.1 Å². The van der Waals surface area contributed by atoms with Crippen LogP contribution in [-0.4, -0.2) is 29.4 Å². The van der Waals surface area contributed by atoms with Crippen LogP contribution in [0.1, 0.15) is 28.9 Å². The van der Waals surface area contributed by atoms with Gasteiger partial charge in [-0.25, -0.2) is 4.39 Å². The molecule has 0 saturated carbocycles. The van der Waals surface area contributed by atoms with Gasteiger partial charge in [-0.2, -0.15) is 0 Å². The van der Waals surface area contributed by atoms with Gasteiger partial charge in [-0.15, -0.1) is 0 Å². The molecule has 3 rings (SSSR count). The van der Waals surface area contributed by atoms with Crippen molar-refractivity contribution in [2.45, 2.75) is 25.8 Å². The third-order valence-electron chi connectivity index (χ3n) is 4.04. The fraction of sp³-hybridized carbons (Fsp3) is 0.294. The lowest BCUT2D eigenvalue weighted by molar-refractivity contribution is -0.121. The number of piperidine rings is 1. The van der Waals surface area contributed by atoms with E-state index in [9.17, 15) is 14.0 Å². The molecule has 6 heteroatoms. The molecular weight excluding hydrogens is 297 g/mol. The summed E-state index contributed by atoms with van der Waals surface area (Å²) in [6.45, 7) is 2.34. The maximum absolute atomic E-state index is 13.3. The molecule has 2 amide bonds. The lowest BCUT2D eigenvalue weighted by Gasteiger charge is -2.33. The van der Waals surface area contributed by atoms with Crippen LogP contribution in [0.15, 0.2) is 36.5 Å². The average Bonchev–Trinajstić information content (AvgIpc) is 3.04. The van der Waals surface area contributed by atoms with Crippen LogP contribution < -0.4 is 10.2 Å². The highest BCUT2D eigenvalue weighted by Gasteiger charge is 2.31. The summed E-state index contributed by atoms with van der Waals surface area (Å²) in [5.41, 5.74) is 1.82. The fourth-order valence-electron chi connectivity index (χ4n) is 2.88. The quantitative estimate of drug-likeness (QED) is 0.913. The van der Waals surface area contributed by atoms with Crippen LogP contribution >= 0.6 is 0 Å². The molecule has 1 saturated heterocycles. The van der Waals surface area contributed by atoms with Gasteiger partial charge >= 0.3 is 0 Å². The topological polar surface area (TPSA) is 65.2 Å². The van der Waals surface area contributed by atoms with Crippen molar-refractivity contribution in [2.24, 2.45) is 0 Å². The molecule has 1 aromatic heterocycles. The van der Waals surface area contributed by atoms with Crippen molar-refractivity contribution < 1.29 is 14.0 Å². The molecule has 2 aromatic rings. The Hall–Kier alpha value is -2.63. The van der Waals surface area contributed by atoms with Crippen molar-refractivity contribution in [3.63, 3.8) is 0 Å². The predicted octanol–water partition coefficient (Wildman–Crippen LogP) is 2.39. The van der Waals surface area contributed by atoms with E-state index in [1.54, 1.807) is 36.2 Å². The monoisotopic (exact) mass is 315 g/mol. The third-order valence-corrected chi connectivity index (χ3v) is 4.04. The molecule has 2 heterocycles. The molecule has 1 atom stereocenters. The van der Waals surface area contributed by atoms with E-state index in [0.717, 1.165) is 6.42 Å². The number of aryl methyl sites for hydroxylation is 1. The van der Waals surface area contributed by atoms with Crippen LogP contribution in [0.5, 0.6) is 0 Å². The lowest BCUT2D eigenvalue weighted by atomic mass is 10.0. The number of nitrogens with zero attached hydrogens (tertiary/aromatic N) is 1. The first-order chi connectivity index (χ1) is 11.1. The van der Waals surface area contributed by atoms with Gasteiger partial charge in [-0.1, -0.05) is 0 Å². The Morgan fingerprint density at radius 2 is 2.22 bits per heavy atom. The van der Waals surface area contributed by atoms with Crippen LogP contribution in [0.2, 0.25) is 0 Å². The Morgan fingerprint density at radius 1 is 1.39 bits per heavy atom. The minimum atomic E-state index is -0.566. The summed E-state index contributed by atoms with van der Waals surface area (Å²) in [5.74, 6) is -0.788. The first-order valence-corrected chi connectivity index (χ1v) is 7.58. The van der Waals surface area contributed by atoms with E-state index in [1.807, 2.05) is 0 Å².